The largest absolute Gasteiger partial charge is 0.328 e. The monoisotopic (exact) mass is 331 g/mol. The molecule has 0 aromatic heterocycles. The van der Waals surface area contributed by atoms with Crippen molar-refractivity contribution in [2.75, 3.05) is 26.2 Å². The van der Waals surface area contributed by atoms with Crippen LogP contribution in [-0.4, -0.2) is 37.0 Å². The normalized spacial score (nSPS) is 15.5. The third-order valence-electron chi connectivity index (χ3n) is 4.57. The quantitative estimate of drug-likeness (QED) is 0.912. The molecule has 0 radical (unpaired) electrons. The van der Waals surface area contributed by atoms with Gasteiger partial charge in [0, 0.05) is 17.2 Å². The molecule has 1 saturated heterocycles. The van der Waals surface area contributed by atoms with E-state index in [4.69, 9.17) is 0 Å². The first kappa shape index (κ1) is 16.6. The number of hydrogen-bond donors (Lipinski definition) is 1. The van der Waals surface area contributed by atoms with Crippen LogP contribution in [0, 0.1) is 18.6 Å². The molecular weight excluding hydrogens is 310 g/mol. The van der Waals surface area contributed by atoms with Crippen molar-refractivity contribution in [2.45, 2.75) is 13.5 Å². The van der Waals surface area contributed by atoms with Crippen molar-refractivity contribution in [3.8, 4) is 0 Å². The van der Waals surface area contributed by atoms with E-state index in [1.807, 2.05) is 12.1 Å². The fraction of sp³-hybridized carbons (Fsp3) is 0.316. The number of nitrogens with one attached hydrogen (secondary N) is 1. The van der Waals surface area contributed by atoms with Gasteiger partial charge in [-0.25, -0.2) is 8.78 Å². The molecule has 1 heterocycles. The third kappa shape index (κ3) is 3.79. The number of quaternary nitrogens is 1. The summed E-state index contributed by atoms with van der Waals surface area (Å²) in [5.74, 6) is -1.74. The highest BCUT2D eigenvalue weighted by atomic mass is 19.1. The van der Waals surface area contributed by atoms with Crippen LogP contribution >= 0.6 is 0 Å². The Morgan fingerprint density at radius 2 is 1.71 bits per heavy atom. The number of halogens is 2. The topological polar surface area (TPSA) is 24.8 Å². The third-order valence-corrected chi connectivity index (χ3v) is 4.57. The van der Waals surface area contributed by atoms with Crippen LogP contribution in [0.4, 0.5) is 8.78 Å². The number of aryl methyl sites for hydroxylation is 1. The fourth-order valence-electron chi connectivity index (χ4n) is 3.14. The van der Waals surface area contributed by atoms with Crippen LogP contribution in [0.2, 0.25) is 0 Å². The van der Waals surface area contributed by atoms with Crippen LogP contribution in [0.15, 0.2) is 42.5 Å². The SMILES string of the molecule is Cc1ccccc1C[NH+]1CCN(C(=O)c2cc(F)cc(F)c2)CC1. The van der Waals surface area contributed by atoms with E-state index < -0.39 is 11.6 Å². The number of hydrogen-bond acceptors (Lipinski definition) is 1. The lowest BCUT2D eigenvalue weighted by Gasteiger charge is -2.32. The minimum absolute atomic E-state index is 0.0786. The first-order valence-corrected chi connectivity index (χ1v) is 8.16. The van der Waals surface area contributed by atoms with Gasteiger partial charge in [-0.15, -0.1) is 0 Å². The van der Waals surface area contributed by atoms with Gasteiger partial charge < -0.3 is 9.80 Å². The van der Waals surface area contributed by atoms with Crippen molar-refractivity contribution >= 4 is 5.91 Å². The summed E-state index contributed by atoms with van der Waals surface area (Å²) in [5, 5.41) is 0. The highest BCUT2D eigenvalue weighted by Gasteiger charge is 2.25. The summed E-state index contributed by atoms with van der Waals surface area (Å²) in [4.78, 5) is 15.5. The van der Waals surface area contributed by atoms with Crippen LogP contribution in [0.3, 0.4) is 0 Å². The van der Waals surface area contributed by atoms with Gasteiger partial charge in [0.25, 0.3) is 5.91 Å². The standard InChI is InChI=1S/C19H20F2N2O/c1-14-4-2-3-5-15(14)13-22-6-8-23(9-7-22)19(24)16-10-17(20)12-18(21)11-16/h2-5,10-12H,6-9,13H2,1H3/p+1. The van der Waals surface area contributed by atoms with Gasteiger partial charge in [-0.2, -0.15) is 0 Å². The number of amides is 1. The predicted octanol–water partition coefficient (Wildman–Crippen LogP) is 1.81. The predicted molar refractivity (Wildman–Crippen MR) is 87.8 cm³/mol. The van der Waals surface area contributed by atoms with E-state index in [-0.39, 0.29) is 11.5 Å². The molecule has 2 aromatic rings. The molecule has 1 aliphatic rings. The molecule has 126 valence electrons. The molecule has 5 heteroatoms. The van der Waals surface area contributed by atoms with Crippen molar-refractivity contribution in [1.29, 1.82) is 0 Å². The molecule has 0 aliphatic carbocycles. The number of rotatable bonds is 3. The summed E-state index contributed by atoms with van der Waals surface area (Å²) in [6, 6.07) is 11.3. The van der Waals surface area contributed by atoms with Gasteiger partial charge in [0.15, 0.2) is 0 Å². The Balaban J connectivity index is 1.60. The molecule has 0 saturated carbocycles. The molecule has 1 aliphatic heterocycles. The fourth-order valence-corrected chi connectivity index (χ4v) is 3.14. The number of carbonyl (C=O) groups excluding carboxylic acids is 1. The summed E-state index contributed by atoms with van der Waals surface area (Å²) in [6.45, 7) is 5.89. The lowest BCUT2D eigenvalue weighted by Crippen LogP contribution is -3.13. The summed E-state index contributed by atoms with van der Waals surface area (Å²) in [5.41, 5.74) is 2.67. The summed E-state index contributed by atoms with van der Waals surface area (Å²) in [7, 11) is 0. The van der Waals surface area contributed by atoms with Gasteiger partial charge in [-0.05, 0) is 24.6 Å². The van der Waals surface area contributed by atoms with Crippen molar-refractivity contribution in [3.05, 3.63) is 70.8 Å². The van der Waals surface area contributed by atoms with Gasteiger partial charge in [0.2, 0.25) is 0 Å². The van der Waals surface area contributed by atoms with Crippen LogP contribution in [0.25, 0.3) is 0 Å². The van der Waals surface area contributed by atoms with Crippen LogP contribution in [0.1, 0.15) is 21.5 Å². The molecule has 2 aromatic carbocycles. The van der Waals surface area contributed by atoms with Crippen molar-refractivity contribution < 1.29 is 18.5 Å². The molecule has 1 fully saturated rings. The Bertz CT molecular complexity index is 720. The maximum Gasteiger partial charge on any atom is 0.254 e. The summed E-state index contributed by atoms with van der Waals surface area (Å²) < 4.78 is 26.6. The first-order chi connectivity index (χ1) is 11.5. The van der Waals surface area contributed by atoms with Gasteiger partial charge in [-0.1, -0.05) is 24.3 Å². The first-order valence-electron chi connectivity index (χ1n) is 8.16. The van der Waals surface area contributed by atoms with E-state index in [1.165, 1.54) is 16.0 Å². The Morgan fingerprint density at radius 1 is 1.08 bits per heavy atom. The van der Waals surface area contributed by atoms with E-state index in [0.717, 1.165) is 37.8 Å². The van der Waals surface area contributed by atoms with E-state index >= 15 is 0 Å². The number of piperazine rings is 1. The Morgan fingerprint density at radius 3 is 2.33 bits per heavy atom. The van der Waals surface area contributed by atoms with Crippen molar-refractivity contribution in [1.82, 2.24) is 4.90 Å². The zero-order valence-electron chi connectivity index (χ0n) is 13.7. The molecule has 0 unspecified atom stereocenters. The van der Waals surface area contributed by atoms with Gasteiger partial charge >= 0.3 is 0 Å². The molecular formula is C19H21F2N2O+. The molecule has 3 rings (SSSR count). The van der Waals surface area contributed by atoms with E-state index in [9.17, 15) is 13.6 Å². The molecule has 24 heavy (non-hydrogen) atoms. The smallest absolute Gasteiger partial charge is 0.254 e. The zero-order valence-corrected chi connectivity index (χ0v) is 13.7. The molecule has 1 amide bonds. The van der Waals surface area contributed by atoms with Crippen LogP contribution in [0.5, 0.6) is 0 Å². The summed E-state index contributed by atoms with van der Waals surface area (Å²) >= 11 is 0. The summed E-state index contributed by atoms with van der Waals surface area (Å²) in [6.07, 6.45) is 0. The van der Waals surface area contributed by atoms with E-state index in [1.54, 1.807) is 4.90 Å². The number of carbonyl (C=O) groups is 1. The molecule has 0 bridgehead atoms. The van der Waals surface area contributed by atoms with Crippen LogP contribution < -0.4 is 4.90 Å². The highest BCUT2D eigenvalue weighted by molar-refractivity contribution is 5.94. The maximum absolute atomic E-state index is 13.3. The second-order valence-electron chi connectivity index (χ2n) is 6.30. The molecule has 0 atom stereocenters. The maximum atomic E-state index is 13.3. The highest BCUT2D eigenvalue weighted by Crippen LogP contribution is 2.11. The minimum atomic E-state index is -0.720. The molecule has 1 N–H and O–H groups in total. The minimum Gasteiger partial charge on any atom is -0.328 e. The molecule has 3 nitrogen and oxygen atoms in total. The van der Waals surface area contributed by atoms with E-state index in [2.05, 4.69) is 19.1 Å². The lowest BCUT2D eigenvalue weighted by atomic mass is 10.1. The van der Waals surface area contributed by atoms with E-state index in [0.29, 0.717) is 13.1 Å². The zero-order chi connectivity index (χ0) is 17.1. The number of nitrogens with zero attached hydrogens (tertiary/aromatic N) is 1. The Labute approximate surface area is 140 Å². The van der Waals surface area contributed by atoms with Gasteiger partial charge in [-0.3, -0.25) is 4.79 Å². The van der Waals surface area contributed by atoms with Crippen molar-refractivity contribution in [3.63, 3.8) is 0 Å². The van der Waals surface area contributed by atoms with Crippen molar-refractivity contribution in [2.24, 2.45) is 0 Å². The number of benzene rings is 2. The second-order valence-corrected chi connectivity index (χ2v) is 6.30. The van der Waals surface area contributed by atoms with Gasteiger partial charge in [0.05, 0.1) is 26.2 Å². The lowest BCUT2D eigenvalue weighted by molar-refractivity contribution is -0.917. The van der Waals surface area contributed by atoms with Gasteiger partial charge in [0.1, 0.15) is 18.2 Å². The van der Waals surface area contributed by atoms with Crippen LogP contribution in [-0.2, 0) is 6.54 Å². The second kappa shape index (κ2) is 7.09. The average Bonchev–Trinajstić information content (AvgIpc) is 2.56. The molecule has 0 spiro atoms. The average molecular weight is 331 g/mol. The Kier molecular flexibility index (Phi) is 4.90. The Hall–Kier alpha value is -2.27.